The Morgan fingerprint density at radius 2 is 2.36 bits per heavy atom. The van der Waals surface area contributed by atoms with Gasteiger partial charge in [0.1, 0.15) is 0 Å². The summed E-state index contributed by atoms with van der Waals surface area (Å²) in [5.41, 5.74) is 2.10. The summed E-state index contributed by atoms with van der Waals surface area (Å²) in [5.74, 6) is -1.10. The smallest absolute Gasteiger partial charge is 0.306 e. The maximum atomic E-state index is 10.7. The van der Waals surface area contributed by atoms with Crippen LogP contribution in [-0.4, -0.2) is 20.9 Å². The standard InChI is InChI=1S/C10H16N2O2/c1-4-12-8(3)9(6-11-12)5-7(2)10(13)14/h6-7H,4-5H2,1-3H3,(H,13,14). The lowest BCUT2D eigenvalue weighted by Gasteiger charge is -2.05. The van der Waals surface area contributed by atoms with E-state index < -0.39 is 5.97 Å². The van der Waals surface area contributed by atoms with Crippen LogP contribution in [-0.2, 0) is 17.8 Å². The fourth-order valence-electron chi connectivity index (χ4n) is 1.42. The van der Waals surface area contributed by atoms with Crippen molar-refractivity contribution in [2.45, 2.75) is 33.7 Å². The van der Waals surface area contributed by atoms with Crippen molar-refractivity contribution in [3.8, 4) is 0 Å². The van der Waals surface area contributed by atoms with E-state index in [2.05, 4.69) is 5.10 Å². The third-order valence-corrected chi connectivity index (χ3v) is 2.45. The summed E-state index contributed by atoms with van der Waals surface area (Å²) in [6.45, 7) is 6.53. The summed E-state index contributed by atoms with van der Waals surface area (Å²) < 4.78 is 1.88. The van der Waals surface area contributed by atoms with E-state index in [0.717, 1.165) is 17.8 Å². The maximum absolute atomic E-state index is 10.7. The fourth-order valence-corrected chi connectivity index (χ4v) is 1.42. The number of carbonyl (C=O) groups is 1. The summed E-state index contributed by atoms with van der Waals surface area (Å²) in [5, 5.41) is 12.9. The van der Waals surface area contributed by atoms with Crippen LogP contribution in [0, 0.1) is 12.8 Å². The van der Waals surface area contributed by atoms with Crippen molar-refractivity contribution in [1.82, 2.24) is 9.78 Å². The molecule has 0 aliphatic heterocycles. The van der Waals surface area contributed by atoms with Gasteiger partial charge in [-0.25, -0.2) is 0 Å². The molecular weight excluding hydrogens is 180 g/mol. The zero-order chi connectivity index (χ0) is 10.7. The molecule has 4 heteroatoms. The molecule has 1 aromatic rings. The zero-order valence-corrected chi connectivity index (χ0v) is 8.82. The lowest BCUT2D eigenvalue weighted by molar-refractivity contribution is -0.141. The topological polar surface area (TPSA) is 55.1 Å². The quantitative estimate of drug-likeness (QED) is 0.793. The zero-order valence-electron chi connectivity index (χ0n) is 8.82. The monoisotopic (exact) mass is 196 g/mol. The van der Waals surface area contributed by atoms with E-state index in [-0.39, 0.29) is 5.92 Å². The van der Waals surface area contributed by atoms with Gasteiger partial charge in [-0.05, 0) is 25.8 Å². The molecule has 14 heavy (non-hydrogen) atoms. The van der Waals surface area contributed by atoms with Gasteiger partial charge in [-0.3, -0.25) is 9.48 Å². The van der Waals surface area contributed by atoms with Crippen molar-refractivity contribution >= 4 is 5.97 Å². The molecule has 4 nitrogen and oxygen atoms in total. The van der Waals surface area contributed by atoms with E-state index in [4.69, 9.17) is 5.11 Å². The molecule has 1 aromatic heterocycles. The van der Waals surface area contributed by atoms with Crippen LogP contribution in [0.5, 0.6) is 0 Å². The molecule has 78 valence electrons. The first-order chi connectivity index (χ1) is 6.56. The summed E-state index contributed by atoms with van der Waals surface area (Å²) in [4.78, 5) is 10.7. The van der Waals surface area contributed by atoms with Crippen LogP contribution in [0.3, 0.4) is 0 Å². The third-order valence-electron chi connectivity index (χ3n) is 2.45. The molecule has 0 radical (unpaired) electrons. The number of aryl methyl sites for hydroxylation is 1. The van der Waals surface area contributed by atoms with Crippen molar-refractivity contribution in [1.29, 1.82) is 0 Å². The van der Waals surface area contributed by atoms with Gasteiger partial charge in [0.2, 0.25) is 0 Å². The number of hydrogen-bond acceptors (Lipinski definition) is 2. The molecule has 0 spiro atoms. The number of hydrogen-bond donors (Lipinski definition) is 1. The van der Waals surface area contributed by atoms with Crippen LogP contribution in [0.4, 0.5) is 0 Å². The Bertz CT molecular complexity index is 331. The summed E-state index contributed by atoms with van der Waals surface area (Å²) in [7, 11) is 0. The Morgan fingerprint density at radius 3 is 2.79 bits per heavy atom. The predicted molar refractivity (Wildman–Crippen MR) is 53.1 cm³/mol. The second kappa shape index (κ2) is 4.26. The summed E-state index contributed by atoms with van der Waals surface area (Å²) >= 11 is 0. The molecule has 0 aliphatic carbocycles. The van der Waals surface area contributed by atoms with E-state index in [1.807, 2.05) is 18.5 Å². The number of aromatic nitrogens is 2. The van der Waals surface area contributed by atoms with E-state index in [1.54, 1.807) is 13.1 Å². The summed E-state index contributed by atoms with van der Waals surface area (Å²) in [6.07, 6.45) is 2.32. The average molecular weight is 196 g/mol. The van der Waals surface area contributed by atoms with Crippen molar-refractivity contribution < 1.29 is 9.90 Å². The van der Waals surface area contributed by atoms with Gasteiger partial charge in [0.05, 0.1) is 12.1 Å². The normalized spacial score (nSPS) is 12.8. The first-order valence-electron chi connectivity index (χ1n) is 4.80. The Labute approximate surface area is 83.5 Å². The lowest BCUT2D eigenvalue weighted by Crippen LogP contribution is -2.12. The minimum Gasteiger partial charge on any atom is -0.481 e. The second-order valence-electron chi connectivity index (χ2n) is 3.51. The highest BCUT2D eigenvalue weighted by atomic mass is 16.4. The van der Waals surface area contributed by atoms with E-state index >= 15 is 0 Å². The van der Waals surface area contributed by atoms with Crippen molar-refractivity contribution in [3.05, 3.63) is 17.5 Å². The molecule has 0 amide bonds. The highest BCUT2D eigenvalue weighted by Gasteiger charge is 2.14. The molecule has 1 atom stereocenters. The minimum atomic E-state index is -0.756. The Hall–Kier alpha value is -1.32. The van der Waals surface area contributed by atoms with Crippen LogP contribution in [0.25, 0.3) is 0 Å². The van der Waals surface area contributed by atoms with Crippen LogP contribution in [0.2, 0.25) is 0 Å². The molecular formula is C10H16N2O2. The molecule has 1 heterocycles. The summed E-state index contributed by atoms with van der Waals surface area (Å²) in [6, 6.07) is 0. The highest BCUT2D eigenvalue weighted by molar-refractivity contribution is 5.69. The second-order valence-corrected chi connectivity index (χ2v) is 3.51. The van der Waals surface area contributed by atoms with Crippen LogP contribution in [0.1, 0.15) is 25.1 Å². The van der Waals surface area contributed by atoms with Gasteiger partial charge in [-0.15, -0.1) is 0 Å². The van der Waals surface area contributed by atoms with E-state index in [1.165, 1.54) is 0 Å². The van der Waals surface area contributed by atoms with Gasteiger partial charge in [0.15, 0.2) is 0 Å². The van der Waals surface area contributed by atoms with Crippen molar-refractivity contribution in [3.63, 3.8) is 0 Å². The maximum Gasteiger partial charge on any atom is 0.306 e. The van der Waals surface area contributed by atoms with Gasteiger partial charge < -0.3 is 5.11 Å². The molecule has 1 unspecified atom stereocenters. The number of aliphatic carboxylic acids is 1. The molecule has 0 aromatic carbocycles. The van der Waals surface area contributed by atoms with E-state index in [9.17, 15) is 4.79 Å². The minimum absolute atomic E-state index is 0.344. The van der Waals surface area contributed by atoms with Gasteiger partial charge >= 0.3 is 5.97 Å². The average Bonchev–Trinajstić information content (AvgIpc) is 2.47. The number of nitrogens with zero attached hydrogens (tertiary/aromatic N) is 2. The molecule has 0 bridgehead atoms. The molecule has 1 rings (SSSR count). The third kappa shape index (κ3) is 2.13. The fraction of sp³-hybridized carbons (Fsp3) is 0.600. The first kappa shape index (κ1) is 10.8. The molecule has 0 saturated carbocycles. The first-order valence-corrected chi connectivity index (χ1v) is 4.80. The van der Waals surface area contributed by atoms with Crippen LogP contribution < -0.4 is 0 Å². The van der Waals surface area contributed by atoms with Crippen LogP contribution >= 0.6 is 0 Å². The van der Waals surface area contributed by atoms with E-state index in [0.29, 0.717) is 6.42 Å². The molecule has 0 aliphatic rings. The number of carboxylic acids is 1. The van der Waals surface area contributed by atoms with Crippen molar-refractivity contribution in [2.24, 2.45) is 5.92 Å². The van der Waals surface area contributed by atoms with Crippen LogP contribution in [0.15, 0.2) is 6.20 Å². The van der Waals surface area contributed by atoms with Gasteiger partial charge in [0, 0.05) is 12.2 Å². The largest absolute Gasteiger partial charge is 0.481 e. The van der Waals surface area contributed by atoms with Gasteiger partial charge in [-0.1, -0.05) is 6.92 Å². The Kier molecular flexibility index (Phi) is 3.28. The Morgan fingerprint density at radius 1 is 1.71 bits per heavy atom. The molecule has 0 saturated heterocycles. The predicted octanol–water partition coefficient (Wildman–Crippen LogP) is 1.47. The number of rotatable bonds is 4. The SMILES string of the molecule is CCn1ncc(CC(C)C(=O)O)c1C. The Balaban J connectivity index is 2.77. The highest BCUT2D eigenvalue weighted by Crippen LogP contribution is 2.13. The molecule has 1 N–H and O–H groups in total. The lowest BCUT2D eigenvalue weighted by atomic mass is 10.0. The van der Waals surface area contributed by atoms with Gasteiger partial charge in [0.25, 0.3) is 0 Å². The number of carboxylic acid groups (broad SMARTS) is 1. The molecule has 0 fully saturated rings. The van der Waals surface area contributed by atoms with Crippen molar-refractivity contribution in [2.75, 3.05) is 0 Å². The van der Waals surface area contributed by atoms with Gasteiger partial charge in [-0.2, -0.15) is 5.10 Å².